The third kappa shape index (κ3) is 4.12. The number of fused-ring (bicyclic) bond motifs is 1. The van der Waals surface area contributed by atoms with Crippen molar-refractivity contribution in [2.24, 2.45) is 0 Å². The molecule has 0 radical (unpaired) electrons. The Balaban J connectivity index is 1.39. The minimum absolute atomic E-state index is 0.255. The van der Waals surface area contributed by atoms with Crippen LogP contribution in [0.4, 0.5) is 0 Å². The van der Waals surface area contributed by atoms with Gasteiger partial charge in [0.2, 0.25) is 0 Å². The van der Waals surface area contributed by atoms with Gasteiger partial charge in [-0.2, -0.15) is 0 Å². The summed E-state index contributed by atoms with van der Waals surface area (Å²) in [6.07, 6.45) is 0.654. The number of nitrogens with one attached hydrogen (secondary N) is 1. The first-order chi connectivity index (χ1) is 14.7. The number of benzene rings is 3. The molecule has 1 amide bonds. The number of hydrogen-bond donors (Lipinski definition) is 1. The Morgan fingerprint density at radius 1 is 0.933 bits per heavy atom. The zero-order chi connectivity index (χ0) is 20.9. The second-order valence-corrected chi connectivity index (χ2v) is 6.83. The normalized spacial score (nSPS) is 10.7. The molecule has 152 valence electrons. The summed E-state index contributed by atoms with van der Waals surface area (Å²) in [6.45, 7) is 0.465. The molecule has 0 bridgehead atoms. The number of rotatable bonds is 7. The summed E-state index contributed by atoms with van der Waals surface area (Å²) in [7, 11) is 3.20. The molecule has 0 saturated carbocycles. The van der Waals surface area contributed by atoms with Crippen LogP contribution in [0.15, 0.2) is 71.3 Å². The van der Waals surface area contributed by atoms with E-state index in [1.165, 1.54) is 0 Å². The van der Waals surface area contributed by atoms with E-state index >= 15 is 0 Å². The maximum absolute atomic E-state index is 12.4. The highest BCUT2D eigenvalue weighted by Crippen LogP contribution is 2.28. The molecule has 4 aromatic rings. The summed E-state index contributed by atoms with van der Waals surface area (Å²) in [4.78, 5) is 12.4. The first kappa shape index (κ1) is 19.5. The van der Waals surface area contributed by atoms with Gasteiger partial charge in [-0.1, -0.05) is 47.6 Å². The van der Waals surface area contributed by atoms with E-state index in [1.54, 1.807) is 20.3 Å². The van der Waals surface area contributed by atoms with E-state index in [9.17, 15) is 4.79 Å². The van der Waals surface area contributed by atoms with E-state index < -0.39 is 0 Å². The van der Waals surface area contributed by atoms with E-state index in [2.05, 4.69) is 16.5 Å². The van der Waals surface area contributed by atoms with Gasteiger partial charge in [0.05, 0.1) is 14.2 Å². The van der Waals surface area contributed by atoms with E-state index in [0.29, 0.717) is 30.2 Å². The number of ether oxygens (including phenoxy) is 2. The monoisotopic (exact) mass is 402 g/mol. The van der Waals surface area contributed by atoms with Crippen LogP contribution in [-0.4, -0.2) is 31.8 Å². The Hall–Kier alpha value is -3.80. The van der Waals surface area contributed by atoms with E-state index in [0.717, 1.165) is 21.9 Å². The molecule has 6 nitrogen and oxygen atoms in total. The lowest BCUT2D eigenvalue weighted by Crippen LogP contribution is -2.25. The SMILES string of the molecule is COc1ccc(CCNC(=O)c2cc(-c3ccc4ccccc4c3)on2)cc1OC. The summed E-state index contributed by atoms with van der Waals surface area (Å²) >= 11 is 0. The number of aromatic nitrogens is 1. The summed E-state index contributed by atoms with van der Waals surface area (Å²) < 4.78 is 16.0. The smallest absolute Gasteiger partial charge is 0.273 e. The van der Waals surface area contributed by atoms with Crippen molar-refractivity contribution in [1.82, 2.24) is 10.5 Å². The third-order valence-electron chi connectivity index (χ3n) is 4.92. The van der Waals surface area contributed by atoms with Gasteiger partial charge in [-0.15, -0.1) is 0 Å². The number of hydrogen-bond acceptors (Lipinski definition) is 5. The van der Waals surface area contributed by atoms with Gasteiger partial charge >= 0.3 is 0 Å². The Labute approximate surface area is 174 Å². The first-order valence-corrected chi connectivity index (χ1v) is 9.63. The standard InChI is InChI=1S/C24H22N2O4/c1-28-21-10-7-16(13-23(21)29-2)11-12-25-24(27)20-15-22(30-26-20)19-9-8-17-5-3-4-6-18(17)14-19/h3-10,13-15H,11-12H2,1-2H3,(H,25,27). The van der Waals surface area contributed by atoms with Gasteiger partial charge in [0, 0.05) is 18.2 Å². The fourth-order valence-electron chi connectivity index (χ4n) is 3.31. The maximum Gasteiger partial charge on any atom is 0.273 e. The Kier molecular flexibility index (Phi) is 5.66. The average molecular weight is 402 g/mol. The predicted octanol–water partition coefficient (Wildman–Crippen LogP) is 4.48. The van der Waals surface area contributed by atoms with Crippen molar-refractivity contribution in [3.05, 3.63) is 78.0 Å². The molecule has 4 rings (SSSR count). The molecule has 0 aliphatic carbocycles. The van der Waals surface area contributed by atoms with Crippen LogP contribution in [-0.2, 0) is 6.42 Å². The highest BCUT2D eigenvalue weighted by molar-refractivity contribution is 5.93. The topological polar surface area (TPSA) is 73.6 Å². The first-order valence-electron chi connectivity index (χ1n) is 9.63. The molecule has 0 aliphatic rings. The largest absolute Gasteiger partial charge is 0.493 e. The lowest BCUT2D eigenvalue weighted by molar-refractivity contribution is 0.0945. The fraction of sp³-hybridized carbons (Fsp3) is 0.167. The van der Waals surface area contributed by atoms with Crippen LogP contribution in [0.1, 0.15) is 16.1 Å². The fourth-order valence-corrected chi connectivity index (χ4v) is 3.31. The van der Waals surface area contributed by atoms with Crippen molar-refractivity contribution in [2.75, 3.05) is 20.8 Å². The minimum Gasteiger partial charge on any atom is -0.493 e. The number of amides is 1. The summed E-state index contributed by atoms with van der Waals surface area (Å²) in [5, 5.41) is 9.05. The van der Waals surface area contributed by atoms with Gasteiger partial charge in [0.1, 0.15) is 0 Å². The predicted molar refractivity (Wildman–Crippen MR) is 115 cm³/mol. The van der Waals surface area contributed by atoms with Gasteiger partial charge in [-0.05, 0) is 41.0 Å². The molecule has 1 heterocycles. The molecule has 0 spiro atoms. The molecule has 1 N–H and O–H groups in total. The highest BCUT2D eigenvalue weighted by Gasteiger charge is 2.14. The lowest BCUT2D eigenvalue weighted by Gasteiger charge is -2.09. The summed E-state index contributed by atoms with van der Waals surface area (Å²) in [5.74, 6) is 1.63. The number of carbonyl (C=O) groups is 1. The average Bonchev–Trinajstić information content (AvgIpc) is 3.29. The maximum atomic E-state index is 12.4. The van der Waals surface area contributed by atoms with Crippen molar-refractivity contribution < 1.29 is 18.8 Å². The van der Waals surface area contributed by atoms with Crippen molar-refractivity contribution in [1.29, 1.82) is 0 Å². The van der Waals surface area contributed by atoms with Gasteiger partial charge in [0.15, 0.2) is 23.0 Å². The number of nitrogens with zero attached hydrogens (tertiary/aromatic N) is 1. The van der Waals surface area contributed by atoms with Gasteiger partial charge < -0.3 is 19.3 Å². The quantitative estimate of drug-likeness (QED) is 0.493. The molecule has 30 heavy (non-hydrogen) atoms. The number of methoxy groups -OCH3 is 2. The van der Waals surface area contributed by atoms with E-state index in [4.69, 9.17) is 14.0 Å². The summed E-state index contributed by atoms with van der Waals surface area (Å²) in [5.41, 5.74) is 2.17. The Morgan fingerprint density at radius 3 is 2.53 bits per heavy atom. The second kappa shape index (κ2) is 8.69. The van der Waals surface area contributed by atoms with E-state index in [-0.39, 0.29) is 11.6 Å². The van der Waals surface area contributed by atoms with Crippen LogP contribution in [0.3, 0.4) is 0 Å². The molecule has 0 saturated heterocycles. The molecular weight excluding hydrogens is 380 g/mol. The minimum atomic E-state index is -0.272. The van der Waals surface area contributed by atoms with Crippen LogP contribution < -0.4 is 14.8 Å². The Morgan fingerprint density at radius 2 is 1.73 bits per heavy atom. The molecule has 1 aromatic heterocycles. The zero-order valence-electron chi connectivity index (χ0n) is 16.8. The van der Waals surface area contributed by atoms with Gasteiger partial charge in [-0.25, -0.2) is 0 Å². The van der Waals surface area contributed by atoms with Gasteiger partial charge in [0.25, 0.3) is 5.91 Å². The third-order valence-corrected chi connectivity index (χ3v) is 4.92. The molecule has 0 fully saturated rings. The molecule has 0 aliphatic heterocycles. The second-order valence-electron chi connectivity index (χ2n) is 6.83. The lowest BCUT2D eigenvalue weighted by atomic mass is 10.1. The zero-order valence-corrected chi connectivity index (χ0v) is 16.8. The van der Waals surface area contributed by atoms with Crippen LogP contribution in [0.5, 0.6) is 11.5 Å². The van der Waals surface area contributed by atoms with Crippen molar-refractivity contribution >= 4 is 16.7 Å². The number of carbonyl (C=O) groups excluding carboxylic acids is 1. The highest BCUT2D eigenvalue weighted by atomic mass is 16.5. The van der Waals surface area contributed by atoms with Crippen LogP contribution in [0.25, 0.3) is 22.1 Å². The van der Waals surface area contributed by atoms with Gasteiger partial charge in [-0.3, -0.25) is 4.79 Å². The van der Waals surface area contributed by atoms with Crippen molar-refractivity contribution in [3.8, 4) is 22.8 Å². The van der Waals surface area contributed by atoms with Crippen LogP contribution >= 0.6 is 0 Å². The van der Waals surface area contributed by atoms with Crippen LogP contribution in [0, 0.1) is 0 Å². The molecule has 3 aromatic carbocycles. The molecule has 0 atom stereocenters. The molecular formula is C24H22N2O4. The van der Waals surface area contributed by atoms with Crippen molar-refractivity contribution in [2.45, 2.75) is 6.42 Å². The summed E-state index contributed by atoms with van der Waals surface area (Å²) in [6, 6.07) is 21.4. The van der Waals surface area contributed by atoms with E-state index in [1.807, 2.05) is 54.6 Å². The Bertz CT molecular complexity index is 1180. The molecule has 0 unspecified atom stereocenters. The van der Waals surface area contributed by atoms with Crippen LogP contribution in [0.2, 0.25) is 0 Å². The molecule has 6 heteroatoms. The van der Waals surface area contributed by atoms with Crippen molar-refractivity contribution in [3.63, 3.8) is 0 Å².